The molecule has 0 aliphatic heterocycles. The van der Waals surface area contributed by atoms with Gasteiger partial charge in [0, 0.05) is 25.0 Å². The first-order valence-electron chi connectivity index (χ1n) is 4.96. The molecule has 0 fully saturated rings. The maximum absolute atomic E-state index is 5.55. The van der Waals surface area contributed by atoms with Crippen molar-refractivity contribution in [2.75, 3.05) is 11.1 Å². The Labute approximate surface area is 93.8 Å². The Morgan fingerprint density at radius 2 is 2.25 bits per heavy atom. The Morgan fingerprint density at radius 3 is 3.00 bits per heavy atom. The molecule has 0 aliphatic rings. The van der Waals surface area contributed by atoms with Crippen LogP contribution in [0.25, 0.3) is 0 Å². The predicted octanol–water partition coefficient (Wildman–Crippen LogP) is 1.37. The summed E-state index contributed by atoms with van der Waals surface area (Å²) in [7, 11) is 0. The molecule has 0 spiro atoms. The number of hydrogen-bond donors (Lipinski definition) is 2. The molecule has 2 rings (SSSR count). The van der Waals surface area contributed by atoms with E-state index in [1.165, 1.54) is 11.9 Å². The van der Waals surface area contributed by atoms with Gasteiger partial charge in [0.1, 0.15) is 18.0 Å². The minimum Gasteiger partial charge on any atom is -0.384 e. The highest BCUT2D eigenvalue weighted by atomic mass is 15.0. The average molecular weight is 215 g/mol. The zero-order valence-electron chi connectivity index (χ0n) is 9.01. The summed E-state index contributed by atoms with van der Waals surface area (Å²) >= 11 is 0. The number of aromatic nitrogens is 3. The number of hydrogen-bond acceptors (Lipinski definition) is 5. The molecule has 0 aromatic carbocycles. The van der Waals surface area contributed by atoms with Crippen LogP contribution in [-0.4, -0.2) is 15.0 Å². The first-order chi connectivity index (χ1) is 7.75. The van der Waals surface area contributed by atoms with E-state index in [0.717, 1.165) is 11.4 Å². The number of pyridine rings is 1. The second-order valence-electron chi connectivity index (χ2n) is 3.48. The molecular formula is C11H13N5. The highest BCUT2D eigenvalue weighted by Gasteiger charge is 1.99. The normalized spacial score (nSPS) is 10.1. The van der Waals surface area contributed by atoms with Crippen molar-refractivity contribution >= 4 is 11.6 Å². The Hall–Kier alpha value is -2.17. The fraction of sp³-hybridized carbons (Fsp3) is 0.182. The van der Waals surface area contributed by atoms with Gasteiger partial charge in [-0.15, -0.1) is 0 Å². The molecule has 82 valence electrons. The van der Waals surface area contributed by atoms with Crippen molar-refractivity contribution in [3.05, 3.63) is 42.0 Å². The van der Waals surface area contributed by atoms with Gasteiger partial charge in [-0.3, -0.25) is 4.98 Å². The Kier molecular flexibility index (Phi) is 2.95. The lowest BCUT2D eigenvalue weighted by molar-refractivity contribution is 1.05. The van der Waals surface area contributed by atoms with Gasteiger partial charge in [-0.2, -0.15) is 0 Å². The fourth-order valence-electron chi connectivity index (χ4n) is 1.34. The van der Waals surface area contributed by atoms with Crippen molar-refractivity contribution < 1.29 is 0 Å². The first kappa shape index (κ1) is 10.4. The van der Waals surface area contributed by atoms with Crippen LogP contribution in [0.5, 0.6) is 0 Å². The standard InChI is InChI=1S/C11H13N5/c1-8-2-3-13-5-9(8)6-14-11-4-10(12)15-7-16-11/h2-5,7H,6H2,1H3,(H3,12,14,15,16). The van der Waals surface area contributed by atoms with Gasteiger partial charge in [0.2, 0.25) is 0 Å². The number of rotatable bonds is 3. The van der Waals surface area contributed by atoms with Gasteiger partial charge < -0.3 is 11.1 Å². The summed E-state index contributed by atoms with van der Waals surface area (Å²) in [5.41, 5.74) is 7.89. The van der Waals surface area contributed by atoms with Gasteiger partial charge in [0.15, 0.2) is 0 Å². The number of anilines is 2. The van der Waals surface area contributed by atoms with Crippen LogP contribution in [0.3, 0.4) is 0 Å². The highest BCUT2D eigenvalue weighted by molar-refractivity contribution is 5.43. The summed E-state index contributed by atoms with van der Waals surface area (Å²) in [6.45, 7) is 2.73. The van der Waals surface area contributed by atoms with E-state index in [4.69, 9.17) is 5.73 Å². The molecule has 2 aromatic heterocycles. The maximum Gasteiger partial charge on any atom is 0.131 e. The first-order valence-corrected chi connectivity index (χ1v) is 4.96. The molecule has 3 N–H and O–H groups in total. The fourth-order valence-corrected chi connectivity index (χ4v) is 1.34. The lowest BCUT2D eigenvalue weighted by Gasteiger charge is -2.07. The van der Waals surface area contributed by atoms with Crippen LogP contribution < -0.4 is 11.1 Å². The summed E-state index contributed by atoms with van der Waals surface area (Å²) in [4.78, 5) is 12.0. The average Bonchev–Trinajstić information content (AvgIpc) is 2.28. The summed E-state index contributed by atoms with van der Waals surface area (Å²) < 4.78 is 0. The van der Waals surface area contributed by atoms with Crippen LogP contribution in [0.15, 0.2) is 30.9 Å². The molecular weight excluding hydrogens is 202 g/mol. The number of nitrogen functional groups attached to an aromatic ring is 1. The molecule has 2 aromatic rings. The van der Waals surface area contributed by atoms with Crippen molar-refractivity contribution in [2.24, 2.45) is 0 Å². The summed E-state index contributed by atoms with van der Waals surface area (Å²) in [5, 5.41) is 3.17. The monoisotopic (exact) mass is 215 g/mol. The molecule has 5 heteroatoms. The van der Waals surface area contributed by atoms with Crippen LogP contribution in [0.2, 0.25) is 0 Å². The molecule has 0 atom stereocenters. The van der Waals surface area contributed by atoms with E-state index in [0.29, 0.717) is 12.4 Å². The SMILES string of the molecule is Cc1ccncc1CNc1cc(N)ncn1. The van der Waals surface area contributed by atoms with E-state index in [1.807, 2.05) is 19.2 Å². The van der Waals surface area contributed by atoms with Gasteiger partial charge in [-0.05, 0) is 24.1 Å². The summed E-state index contributed by atoms with van der Waals surface area (Å²) in [6.07, 6.45) is 5.06. The third-order valence-electron chi connectivity index (χ3n) is 2.30. The molecule has 0 aliphatic carbocycles. The van der Waals surface area contributed by atoms with Crippen LogP contribution >= 0.6 is 0 Å². The van der Waals surface area contributed by atoms with Crippen molar-refractivity contribution in [1.82, 2.24) is 15.0 Å². The summed E-state index contributed by atoms with van der Waals surface area (Å²) in [5.74, 6) is 1.18. The second-order valence-corrected chi connectivity index (χ2v) is 3.48. The zero-order valence-corrected chi connectivity index (χ0v) is 9.01. The van der Waals surface area contributed by atoms with E-state index in [9.17, 15) is 0 Å². The molecule has 0 saturated heterocycles. The molecule has 0 saturated carbocycles. The van der Waals surface area contributed by atoms with Crippen molar-refractivity contribution in [1.29, 1.82) is 0 Å². The van der Waals surface area contributed by atoms with Crippen LogP contribution in [-0.2, 0) is 6.54 Å². The predicted molar refractivity (Wildman–Crippen MR) is 62.7 cm³/mol. The number of nitrogens with zero attached hydrogens (tertiary/aromatic N) is 3. The van der Waals surface area contributed by atoms with E-state index < -0.39 is 0 Å². The van der Waals surface area contributed by atoms with Gasteiger partial charge >= 0.3 is 0 Å². The largest absolute Gasteiger partial charge is 0.384 e. The van der Waals surface area contributed by atoms with Gasteiger partial charge in [0.25, 0.3) is 0 Å². The third kappa shape index (κ3) is 2.44. The molecule has 5 nitrogen and oxygen atoms in total. The Balaban J connectivity index is 2.05. The van der Waals surface area contributed by atoms with Crippen LogP contribution in [0, 0.1) is 6.92 Å². The van der Waals surface area contributed by atoms with Crippen molar-refractivity contribution in [2.45, 2.75) is 13.5 Å². The lowest BCUT2D eigenvalue weighted by atomic mass is 10.1. The topological polar surface area (TPSA) is 76.7 Å². The third-order valence-corrected chi connectivity index (χ3v) is 2.30. The smallest absolute Gasteiger partial charge is 0.131 e. The molecule has 2 heterocycles. The number of nitrogens with two attached hydrogens (primary N) is 1. The lowest BCUT2D eigenvalue weighted by Crippen LogP contribution is -2.04. The minimum atomic E-state index is 0.459. The maximum atomic E-state index is 5.55. The molecule has 0 radical (unpaired) electrons. The van der Waals surface area contributed by atoms with E-state index in [1.54, 1.807) is 12.3 Å². The Bertz CT molecular complexity index is 483. The molecule has 0 unspecified atom stereocenters. The Morgan fingerprint density at radius 1 is 1.38 bits per heavy atom. The minimum absolute atomic E-state index is 0.459. The molecule has 0 bridgehead atoms. The number of nitrogens with one attached hydrogen (secondary N) is 1. The van der Waals surface area contributed by atoms with E-state index in [2.05, 4.69) is 20.3 Å². The van der Waals surface area contributed by atoms with Crippen LogP contribution in [0.4, 0.5) is 11.6 Å². The highest BCUT2D eigenvalue weighted by Crippen LogP contribution is 2.09. The second kappa shape index (κ2) is 4.57. The molecule has 0 amide bonds. The van der Waals surface area contributed by atoms with E-state index >= 15 is 0 Å². The van der Waals surface area contributed by atoms with Gasteiger partial charge in [-0.25, -0.2) is 9.97 Å². The van der Waals surface area contributed by atoms with E-state index in [-0.39, 0.29) is 0 Å². The molecule has 16 heavy (non-hydrogen) atoms. The van der Waals surface area contributed by atoms with Crippen LogP contribution in [0.1, 0.15) is 11.1 Å². The zero-order chi connectivity index (χ0) is 11.4. The van der Waals surface area contributed by atoms with Gasteiger partial charge in [-0.1, -0.05) is 0 Å². The quantitative estimate of drug-likeness (QED) is 0.808. The van der Waals surface area contributed by atoms with Crippen molar-refractivity contribution in [3.8, 4) is 0 Å². The van der Waals surface area contributed by atoms with Crippen molar-refractivity contribution in [3.63, 3.8) is 0 Å². The summed E-state index contributed by atoms with van der Waals surface area (Å²) in [6, 6.07) is 3.68. The van der Waals surface area contributed by atoms with Gasteiger partial charge in [0.05, 0.1) is 0 Å². The number of aryl methyl sites for hydroxylation is 1.